The van der Waals surface area contributed by atoms with E-state index in [0.717, 1.165) is 30.5 Å². The van der Waals surface area contributed by atoms with Gasteiger partial charge in [-0.15, -0.1) is 0 Å². The van der Waals surface area contributed by atoms with Crippen LogP contribution < -0.4 is 5.32 Å². The van der Waals surface area contributed by atoms with Crippen molar-refractivity contribution in [3.63, 3.8) is 0 Å². The summed E-state index contributed by atoms with van der Waals surface area (Å²) in [5.74, 6) is 1.34. The maximum atomic E-state index is 11.5. The number of allylic oxidation sites excluding steroid dienone is 2. The SMILES string of the molecule is CCCCC/C=C/CCCCCC1=NCC[N+]1(CC)C(C)NC(C)=O. The van der Waals surface area contributed by atoms with E-state index in [1.807, 2.05) is 0 Å². The number of unbranched alkanes of at least 4 members (excludes halogenated alkanes) is 6. The normalized spacial score (nSPS) is 21.5. The molecule has 1 rings (SSSR count). The number of amidine groups is 1. The van der Waals surface area contributed by atoms with Crippen LogP contribution in [-0.2, 0) is 4.79 Å². The van der Waals surface area contributed by atoms with Crippen LogP contribution in [0, 0.1) is 0 Å². The molecule has 1 aliphatic rings. The van der Waals surface area contributed by atoms with E-state index in [0.29, 0.717) is 0 Å². The van der Waals surface area contributed by atoms with Gasteiger partial charge in [-0.25, -0.2) is 4.99 Å². The zero-order valence-corrected chi connectivity index (χ0v) is 17.0. The van der Waals surface area contributed by atoms with E-state index in [-0.39, 0.29) is 12.1 Å². The fraction of sp³-hybridized carbons (Fsp3) is 0.810. The number of aliphatic imine (C=N–C) groups is 1. The lowest BCUT2D eigenvalue weighted by molar-refractivity contribution is -0.861. The Labute approximate surface area is 155 Å². The summed E-state index contributed by atoms with van der Waals surface area (Å²) < 4.78 is 0.844. The van der Waals surface area contributed by atoms with E-state index in [2.05, 4.69) is 38.2 Å². The number of nitrogens with zero attached hydrogens (tertiary/aromatic N) is 2. The highest BCUT2D eigenvalue weighted by Crippen LogP contribution is 2.23. The number of hydrogen-bond donors (Lipinski definition) is 1. The number of likely N-dealkylation sites (N-methyl/N-ethyl adjacent to an activating group) is 1. The van der Waals surface area contributed by atoms with Gasteiger partial charge in [-0.3, -0.25) is 9.28 Å². The van der Waals surface area contributed by atoms with E-state index in [9.17, 15) is 4.79 Å². The Morgan fingerprint density at radius 3 is 2.44 bits per heavy atom. The smallest absolute Gasteiger partial charge is 0.221 e. The van der Waals surface area contributed by atoms with Crippen LogP contribution >= 0.6 is 0 Å². The first kappa shape index (κ1) is 21.9. The molecule has 0 radical (unpaired) electrons. The summed E-state index contributed by atoms with van der Waals surface area (Å²) in [5.41, 5.74) is 0. The predicted molar refractivity (Wildman–Crippen MR) is 108 cm³/mol. The minimum atomic E-state index is 0.0513. The molecule has 0 spiro atoms. The summed E-state index contributed by atoms with van der Waals surface area (Å²) in [4.78, 5) is 16.2. The van der Waals surface area contributed by atoms with Crippen LogP contribution in [0.5, 0.6) is 0 Å². The van der Waals surface area contributed by atoms with Gasteiger partial charge in [0, 0.05) is 20.3 Å². The van der Waals surface area contributed by atoms with Gasteiger partial charge in [-0.1, -0.05) is 38.3 Å². The second-order valence-electron chi connectivity index (χ2n) is 7.31. The molecule has 0 aromatic carbocycles. The lowest BCUT2D eigenvalue weighted by Gasteiger charge is -2.39. The molecule has 1 N–H and O–H groups in total. The molecule has 0 saturated carbocycles. The second kappa shape index (κ2) is 12.2. The van der Waals surface area contributed by atoms with Crippen LogP contribution in [0.3, 0.4) is 0 Å². The molecule has 4 nitrogen and oxygen atoms in total. The number of carbonyl (C=O) groups excluding carboxylic acids is 1. The average molecular weight is 351 g/mol. The van der Waals surface area contributed by atoms with Gasteiger partial charge < -0.3 is 5.32 Å². The number of nitrogens with one attached hydrogen (secondary N) is 1. The van der Waals surface area contributed by atoms with Crippen molar-refractivity contribution in [1.82, 2.24) is 5.32 Å². The van der Waals surface area contributed by atoms with E-state index < -0.39 is 0 Å². The van der Waals surface area contributed by atoms with E-state index in [1.165, 1.54) is 57.2 Å². The highest BCUT2D eigenvalue weighted by atomic mass is 16.1. The Morgan fingerprint density at radius 2 is 1.84 bits per heavy atom. The fourth-order valence-electron chi connectivity index (χ4n) is 3.85. The molecule has 0 aliphatic carbocycles. The van der Waals surface area contributed by atoms with Crippen molar-refractivity contribution in [2.24, 2.45) is 4.99 Å². The maximum Gasteiger partial charge on any atom is 0.221 e. The van der Waals surface area contributed by atoms with Gasteiger partial charge >= 0.3 is 0 Å². The molecule has 1 aliphatic heterocycles. The topological polar surface area (TPSA) is 41.5 Å². The number of quaternary nitrogens is 1. The van der Waals surface area contributed by atoms with Crippen molar-refractivity contribution >= 4 is 11.7 Å². The molecule has 1 amide bonds. The Kier molecular flexibility index (Phi) is 10.7. The minimum absolute atomic E-state index is 0.0513. The van der Waals surface area contributed by atoms with Crippen molar-refractivity contribution in [2.75, 3.05) is 19.6 Å². The highest BCUT2D eigenvalue weighted by molar-refractivity contribution is 5.78. The van der Waals surface area contributed by atoms with Crippen molar-refractivity contribution in [2.45, 2.75) is 91.6 Å². The fourth-order valence-corrected chi connectivity index (χ4v) is 3.85. The van der Waals surface area contributed by atoms with Gasteiger partial charge in [0.2, 0.25) is 5.91 Å². The van der Waals surface area contributed by atoms with Gasteiger partial charge in [0.05, 0.1) is 13.1 Å². The van der Waals surface area contributed by atoms with Gasteiger partial charge in [0.15, 0.2) is 12.0 Å². The van der Waals surface area contributed by atoms with Crippen LogP contribution in [0.2, 0.25) is 0 Å². The molecule has 4 heteroatoms. The van der Waals surface area contributed by atoms with Crippen molar-refractivity contribution in [3.8, 4) is 0 Å². The Bertz CT molecular complexity index is 444. The summed E-state index contributed by atoms with van der Waals surface area (Å²) in [5, 5.41) is 3.09. The molecule has 0 aromatic rings. The third-order valence-electron chi connectivity index (χ3n) is 5.44. The molecule has 0 saturated heterocycles. The Hall–Kier alpha value is -1.16. The van der Waals surface area contributed by atoms with Crippen molar-refractivity contribution < 1.29 is 9.28 Å². The lowest BCUT2D eigenvalue weighted by atomic mass is 10.1. The van der Waals surface area contributed by atoms with E-state index >= 15 is 0 Å². The molecule has 25 heavy (non-hydrogen) atoms. The number of rotatable bonds is 13. The molecule has 0 bridgehead atoms. The van der Waals surface area contributed by atoms with Crippen molar-refractivity contribution in [1.29, 1.82) is 0 Å². The molecule has 144 valence electrons. The quantitative estimate of drug-likeness (QED) is 0.289. The summed E-state index contributed by atoms with van der Waals surface area (Å²) in [6, 6.07) is 0. The summed E-state index contributed by atoms with van der Waals surface area (Å²) in [6.45, 7) is 11.1. The Balaban J connectivity index is 2.30. The zero-order valence-electron chi connectivity index (χ0n) is 17.0. The molecule has 2 unspecified atom stereocenters. The molecule has 2 atom stereocenters. The number of amides is 1. The summed E-state index contributed by atoms with van der Waals surface area (Å²) in [6.07, 6.45) is 16.0. The molecular weight excluding hydrogens is 310 g/mol. The third-order valence-corrected chi connectivity index (χ3v) is 5.44. The van der Waals surface area contributed by atoms with E-state index in [4.69, 9.17) is 4.99 Å². The Morgan fingerprint density at radius 1 is 1.16 bits per heavy atom. The first-order valence-corrected chi connectivity index (χ1v) is 10.4. The van der Waals surface area contributed by atoms with E-state index in [1.54, 1.807) is 6.92 Å². The van der Waals surface area contributed by atoms with Gasteiger partial charge in [-0.2, -0.15) is 0 Å². The van der Waals surface area contributed by atoms with Crippen molar-refractivity contribution in [3.05, 3.63) is 12.2 Å². The molecular formula is C21H40N3O+. The van der Waals surface area contributed by atoms with Gasteiger partial charge in [0.25, 0.3) is 0 Å². The molecule has 1 heterocycles. The van der Waals surface area contributed by atoms with Gasteiger partial charge in [0.1, 0.15) is 6.54 Å². The predicted octanol–water partition coefficient (Wildman–Crippen LogP) is 4.80. The summed E-state index contributed by atoms with van der Waals surface area (Å²) in [7, 11) is 0. The molecule has 0 fully saturated rings. The standard InChI is InChI=1S/C21H39N3O/c1-5-7-8-9-10-11-12-13-14-15-16-21-22-17-18-24(21,6-2)19(3)23-20(4)25/h10-11,19H,5-9,12-18H2,1-4H3/p+1/b11-10+. The average Bonchev–Trinajstić information content (AvgIpc) is 3.00. The largest absolute Gasteiger partial charge is 0.307 e. The second-order valence-corrected chi connectivity index (χ2v) is 7.31. The number of hydrogen-bond acceptors (Lipinski definition) is 2. The van der Waals surface area contributed by atoms with Crippen LogP contribution in [0.4, 0.5) is 0 Å². The first-order chi connectivity index (χ1) is 12.1. The van der Waals surface area contributed by atoms with Crippen LogP contribution in [0.25, 0.3) is 0 Å². The monoisotopic (exact) mass is 350 g/mol. The van der Waals surface area contributed by atoms with Crippen LogP contribution in [-0.4, -0.2) is 42.0 Å². The first-order valence-electron chi connectivity index (χ1n) is 10.4. The summed E-state index contributed by atoms with van der Waals surface area (Å²) >= 11 is 0. The lowest BCUT2D eigenvalue weighted by Crippen LogP contribution is -2.62. The minimum Gasteiger partial charge on any atom is -0.307 e. The highest BCUT2D eigenvalue weighted by Gasteiger charge is 2.41. The molecule has 0 aromatic heterocycles. The van der Waals surface area contributed by atoms with Crippen LogP contribution in [0.1, 0.15) is 85.5 Å². The third kappa shape index (κ3) is 7.31. The van der Waals surface area contributed by atoms with Gasteiger partial charge in [-0.05, 0) is 39.0 Å². The number of carbonyl (C=O) groups is 1. The zero-order chi connectivity index (χ0) is 18.5. The van der Waals surface area contributed by atoms with Crippen LogP contribution in [0.15, 0.2) is 17.1 Å². The maximum absolute atomic E-state index is 11.5.